The third-order valence-corrected chi connectivity index (χ3v) is 2.62. The number of carboxylic acid groups (broad SMARTS) is 1. The van der Waals surface area contributed by atoms with E-state index in [0.717, 1.165) is 10.9 Å². The van der Waals surface area contributed by atoms with Crippen LogP contribution in [0.5, 0.6) is 0 Å². The predicted molar refractivity (Wildman–Crippen MR) is 68.6 cm³/mol. The van der Waals surface area contributed by atoms with Crippen molar-refractivity contribution in [2.24, 2.45) is 7.05 Å². The van der Waals surface area contributed by atoms with Crippen molar-refractivity contribution in [1.82, 2.24) is 9.78 Å². The molecule has 0 aliphatic rings. The number of aromatic carboxylic acids is 1. The van der Waals surface area contributed by atoms with Gasteiger partial charge in [-0.1, -0.05) is 18.2 Å². The molecule has 0 fully saturated rings. The molecule has 0 aliphatic heterocycles. The van der Waals surface area contributed by atoms with Gasteiger partial charge in [0.1, 0.15) is 6.20 Å². The van der Waals surface area contributed by atoms with Crippen LogP contribution in [0.1, 0.15) is 20.8 Å². The molecule has 2 aromatic rings. The number of carbonyl (C=O) groups excluding carboxylic acids is 2. The zero-order valence-corrected chi connectivity index (χ0v) is 10.8. The molecular formula is C12H9N4O5-. The lowest BCUT2D eigenvalue weighted by Crippen LogP contribution is -2.25. The van der Waals surface area contributed by atoms with Gasteiger partial charge in [0.15, 0.2) is 0 Å². The van der Waals surface area contributed by atoms with Crippen LogP contribution < -0.4 is 10.4 Å². The summed E-state index contributed by atoms with van der Waals surface area (Å²) in [6, 6.07) is 5.56. The Morgan fingerprint density at radius 3 is 2.62 bits per heavy atom. The first-order chi connectivity index (χ1) is 9.90. The molecule has 0 spiro atoms. The minimum atomic E-state index is -1.47. The summed E-state index contributed by atoms with van der Waals surface area (Å²) in [5.74, 6) is -2.35. The van der Waals surface area contributed by atoms with Crippen LogP contribution in [0.25, 0.3) is 0 Å². The number of hydrogen-bond donors (Lipinski definition) is 1. The zero-order valence-electron chi connectivity index (χ0n) is 10.8. The minimum absolute atomic E-state index is 0.0255. The minimum Gasteiger partial charge on any atom is -0.545 e. The Bertz CT molecular complexity index is 737. The topological polar surface area (TPSA) is 130 Å². The first-order valence-corrected chi connectivity index (χ1v) is 5.70. The standard InChI is InChI=1S/C12H10N4O5/c1-15-6-9(16(20)21)10(14-15)11(17)13-8-5-3-2-4-7(8)12(18)19/h2-6H,1H3,(H,13,17)(H,18,19)/p-1. The molecule has 9 nitrogen and oxygen atoms in total. The highest BCUT2D eigenvalue weighted by atomic mass is 16.6. The second-order valence-corrected chi connectivity index (χ2v) is 4.08. The number of para-hydroxylation sites is 1. The molecule has 1 N–H and O–H groups in total. The van der Waals surface area contributed by atoms with Crippen LogP contribution in [0.15, 0.2) is 30.5 Å². The van der Waals surface area contributed by atoms with Crippen LogP contribution in [0.2, 0.25) is 0 Å². The van der Waals surface area contributed by atoms with E-state index < -0.39 is 28.2 Å². The molecule has 0 saturated heterocycles. The van der Waals surface area contributed by atoms with Gasteiger partial charge < -0.3 is 15.2 Å². The summed E-state index contributed by atoms with van der Waals surface area (Å²) in [4.78, 5) is 33.0. The normalized spacial score (nSPS) is 10.1. The van der Waals surface area contributed by atoms with Crippen LogP contribution in [0.4, 0.5) is 11.4 Å². The summed E-state index contributed by atoms with van der Waals surface area (Å²) < 4.78 is 1.12. The van der Waals surface area contributed by atoms with Crippen LogP contribution in [0.3, 0.4) is 0 Å². The number of rotatable bonds is 4. The molecule has 0 unspecified atom stereocenters. The Morgan fingerprint density at radius 2 is 2.00 bits per heavy atom. The molecule has 1 amide bonds. The molecule has 1 heterocycles. The van der Waals surface area contributed by atoms with Gasteiger partial charge in [-0.25, -0.2) is 0 Å². The van der Waals surface area contributed by atoms with Gasteiger partial charge in [0.05, 0.1) is 16.6 Å². The summed E-state index contributed by atoms with van der Waals surface area (Å²) in [5, 5.41) is 27.7. The molecule has 9 heteroatoms. The van der Waals surface area contributed by atoms with Gasteiger partial charge in [0, 0.05) is 12.6 Å². The number of hydrogen-bond acceptors (Lipinski definition) is 6. The van der Waals surface area contributed by atoms with Crippen molar-refractivity contribution in [3.63, 3.8) is 0 Å². The van der Waals surface area contributed by atoms with E-state index in [1.807, 2.05) is 0 Å². The lowest BCUT2D eigenvalue weighted by molar-refractivity contribution is -0.385. The van der Waals surface area contributed by atoms with Gasteiger partial charge in [-0.2, -0.15) is 5.10 Å². The van der Waals surface area contributed by atoms with Crippen LogP contribution in [-0.2, 0) is 7.05 Å². The number of aromatic nitrogens is 2. The highest BCUT2D eigenvalue weighted by Gasteiger charge is 2.25. The van der Waals surface area contributed by atoms with Crippen molar-refractivity contribution in [2.75, 3.05) is 5.32 Å². The SMILES string of the molecule is Cn1cc([N+](=O)[O-])c(C(=O)Nc2ccccc2C(=O)[O-])n1. The average molecular weight is 289 g/mol. The summed E-state index contributed by atoms with van der Waals surface area (Å²) >= 11 is 0. The molecule has 1 aromatic heterocycles. The third kappa shape index (κ3) is 2.86. The first kappa shape index (κ1) is 14.2. The molecule has 108 valence electrons. The highest BCUT2D eigenvalue weighted by molar-refractivity contribution is 6.08. The summed E-state index contributed by atoms with van der Waals surface area (Å²) in [7, 11) is 1.43. The maximum absolute atomic E-state index is 12.0. The number of nitrogens with zero attached hydrogens (tertiary/aromatic N) is 3. The Hall–Kier alpha value is -3.23. The van der Waals surface area contributed by atoms with Crippen molar-refractivity contribution >= 4 is 23.3 Å². The lowest BCUT2D eigenvalue weighted by Gasteiger charge is -2.10. The number of nitrogens with one attached hydrogen (secondary N) is 1. The summed E-state index contributed by atoms with van der Waals surface area (Å²) in [6.45, 7) is 0. The van der Waals surface area contributed by atoms with Gasteiger partial charge in [-0.05, 0) is 6.07 Å². The quantitative estimate of drug-likeness (QED) is 0.620. The molecule has 1 aromatic carbocycles. The van der Waals surface area contributed by atoms with E-state index in [4.69, 9.17) is 0 Å². The van der Waals surface area contributed by atoms with Crippen LogP contribution in [-0.4, -0.2) is 26.6 Å². The third-order valence-electron chi connectivity index (χ3n) is 2.62. The number of aryl methyl sites for hydroxylation is 1. The van der Waals surface area contributed by atoms with Crippen LogP contribution >= 0.6 is 0 Å². The number of carbonyl (C=O) groups is 2. The molecule has 21 heavy (non-hydrogen) atoms. The fourth-order valence-electron chi connectivity index (χ4n) is 1.72. The Kier molecular flexibility index (Phi) is 3.65. The van der Waals surface area contributed by atoms with E-state index in [1.165, 1.54) is 31.3 Å². The van der Waals surface area contributed by atoms with E-state index in [9.17, 15) is 24.8 Å². The zero-order chi connectivity index (χ0) is 15.6. The highest BCUT2D eigenvalue weighted by Crippen LogP contribution is 2.19. The van der Waals surface area contributed by atoms with Crippen molar-refractivity contribution < 1.29 is 19.6 Å². The second kappa shape index (κ2) is 5.41. The summed E-state index contributed by atoms with van der Waals surface area (Å²) in [5.41, 5.74) is -1.14. The maximum atomic E-state index is 12.0. The van der Waals surface area contributed by atoms with Crippen molar-refractivity contribution in [1.29, 1.82) is 0 Å². The first-order valence-electron chi connectivity index (χ1n) is 5.70. The maximum Gasteiger partial charge on any atom is 0.320 e. The van der Waals surface area contributed by atoms with Crippen molar-refractivity contribution in [3.8, 4) is 0 Å². The van der Waals surface area contributed by atoms with Crippen LogP contribution in [0, 0.1) is 10.1 Å². The fourth-order valence-corrected chi connectivity index (χ4v) is 1.72. The largest absolute Gasteiger partial charge is 0.545 e. The monoisotopic (exact) mass is 289 g/mol. The van der Waals surface area contributed by atoms with E-state index >= 15 is 0 Å². The Balaban J connectivity index is 2.35. The Labute approximate surface area is 118 Å². The molecule has 2 rings (SSSR count). The van der Waals surface area contributed by atoms with Gasteiger partial charge in [-0.3, -0.25) is 19.6 Å². The molecule has 0 atom stereocenters. The van der Waals surface area contributed by atoms with E-state index in [0.29, 0.717) is 0 Å². The van der Waals surface area contributed by atoms with Crippen molar-refractivity contribution in [3.05, 3.63) is 51.8 Å². The van der Waals surface area contributed by atoms with E-state index in [-0.39, 0.29) is 11.3 Å². The number of benzene rings is 1. The predicted octanol–water partition coefficient (Wildman–Crippen LogP) is -0.0559. The molecular weight excluding hydrogens is 280 g/mol. The fraction of sp³-hybridized carbons (Fsp3) is 0.0833. The summed E-state index contributed by atoms with van der Waals surface area (Å²) in [6.07, 6.45) is 1.08. The number of anilines is 1. The molecule has 0 radical (unpaired) electrons. The van der Waals surface area contributed by atoms with Gasteiger partial charge in [0.25, 0.3) is 5.91 Å². The smallest absolute Gasteiger partial charge is 0.320 e. The average Bonchev–Trinajstić information content (AvgIpc) is 2.81. The Morgan fingerprint density at radius 1 is 1.33 bits per heavy atom. The molecule has 0 bridgehead atoms. The lowest BCUT2D eigenvalue weighted by atomic mass is 10.1. The van der Waals surface area contributed by atoms with Gasteiger partial charge in [-0.15, -0.1) is 0 Å². The molecule has 0 aliphatic carbocycles. The van der Waals surface area contributed by atoms with Crippen molar-refractivity contribution in [2.45, 2.75) is 0 Å². The van der Waals surface area contributed by atoms with E-state index in [1.54, 1.807) is 0 Å². The van der Waals surface area contributed by atoms with E-state index in [2.05, 4.69) is 10.4 Å². The number of carboxylic acids is 1. The number of amides is 1. The van der Waals surface area contributed by atoms with Gasteiger partial charge in [0.2, 0.25) is 5.69 Å². The molecule has 0 saturated carbocycles. The number of nitro groups is 1. The van der Waals surface area contributed by atoms with Gasteiger partial charge >= 0.3 is 5.69 Å². The second-order valence-electron chi connectivity index (χ2n) is 4.08.